The molecule has 0 saturated heterocycles. The molecule has 4 heteroatoms. The molecule has 0 aliphatic heterocycles. The summed E-state index contributed by atoms with van der Waals surface area (Å²) in [5.74, 6) is 1.87. The molecule has 2 rings (SSSR count). The van der Waals surface area contributed by atoms with Crippen molar-refractivity contribution in [2.75, 3.05) is 5.32 Å². The molecular formula is C11H15N3S. The van der Waals surface area contributed by atoms with Crippen molar-refractivity contribution in [2.45, 2.75) is 33.2 Å². The van der Waals surface area contributed by atoms with E-state index in [9.17, 15) is 0 Å². The maximum absolute atomic E-state index is 4.52. The van der Waals surface area contributed by atoms with Crippen LogP contribution in [0.2, 0.25) is 0 Å². The predicted octanol–water partition coefficient (Wildman–Crippen LogP) is 3.07. The van der Waals surface area contributed by atoms with Crippen LogP contribution in [0.3, 0.4) is 0 Å². The number of aryl methyl sites for hydroxylation is 1. The van der Waals surface area contributed by atoms with Crippen LogP contribution < -0.4 is 5.32 Å². The first-order chi connectivity index (χ1) is 7.20. The minimum absolute atomic E-state index is 0.396. The Labute approximate surface area is 93.6 Å². The Morgan fingerprint density at radius 2 is 2.13 bits per heavy atom. The Morgan fingerprint density at radius 1 is 1.33 bits per heavy atom. The first-order valence-corrected chi connectivity index (χ1v) is 6.14. The van der Waals surface area contributed by atoms with Gasteiger partial charge in [0.25, 0.3) is 0 Å². The van der Waals surface area contributed by atoms with Crippen molar-refractivity contribution in [3.8, 4) is 0 Å². The molecule has 3 nitrogen and oxygen atoms in total. The minimum Gasteiger partial charge on any atom is -0.367 e. The molecule has 15 heavy (non-hydrogen) atoms. The average Bonchev–Trinajstić information content (AvgIpc) is 2.64. The SMILES string of the molecule is CCc1nc(NC(C)C)c2cscc2n1. The van der Waals surface area contributed by atoms with E-state index in [0.717, 1.165) is 29.0 Å². The average molecular weight is 221 g/mol. The van der Waals surface area contributed by atoms with Gasteiger partial charge in [0.05, 0.1) is 10.9 Å². The van der Waals surface area contributed by atoms with Crippen molar-refractivity contribution in [1.82, 2.24) is 9.97 Å². The van der Waals surface area contributed by atoms with Crippen LogP contribution in [0.1, 0.15) is 26.6 Å². The number of thiophene rings is 1. The molecule has 2 aromatic heterocycles. The van der Waals surface area contributed by atoms with Crippen LogP contribution in [-0.2, 0) is 6.42 Å². The lowest BCUT2D eigenvalue weighted by molar-refractivity contribution is 0.877. The second-order valence-electron chi connectivity index (χ2n) is 3.81. The zero-order valence-corrected chi connectivity index (χ0v) is 10.1. The van der Waals surface area contributed by atoms with Gasteiger partial charge in [-0.2, -0.15) is 0 Å². The Hall–Kier alpha value is -1.16. The van der Waals surface area contributed by atoms with Crippen LogP contribution >= 0.6 is 11.3 Å². The summed E-state index contributed by atoms with van der Waals surface area (Å²) in [5.41, 5.74) is 1.05. The normalized spacial score (nSPS) is 11.2. The lowest BCUT2D eigenvalue weighted by atomic mass is 10.3. The van der Waals surface area contributed by atoms with E-state index in [-0.39, 0.29) is 0 Å². The van der Waals surface area contributed by atoms with Gasteiger partial charge in [0.2, 0.25) is 0 Å². The Balaban J connectivity index is 2.53. The molecule has 0 unspecified atom stereocenters. The molecular weight excluding hydrogens is 206 g/mol. The maximum Gasteiger partial charge on any atom is 0.138 e. The minimum atomic E-state index is 0.396. The molecule has 0 aliphatic carbocycles. The molecule has 0 saturated carbocycles. The Morgan fingerprint density at radius 3 is 2.80 bits per heavy atom. The van der Waals surface area contributed by atoms with Crippen LogP contribution in [0, 0.1) is 0 Å². The van der Waals surface area contributed by atoms with E-state index in [1.54, 1.807) is 11.3 Å². The van der Waals surface area contributed by atoms with E-state index in [0.29, 0.717) is 6.04 Å². The highest BCUT2D eigenvalue weighted by molar-refractivity contribution is 7.09. The molecule has 2 aromatic rings. The molecule has 0 aliphatic rings. The van der Waals surface area contributed by atoms with E-state index in [1.165, 1.54) is 0 Å². The molecule has 0 radical (unpaired) electrons. The summed E-state index contributed by atoms with van der Waals surface area (Å²) in [4.78, 5) is 9.00. The third-order valence-corrected chi connectivity index (χ3v) is 2.86. The predicted molar refractivity (Wildman–Crippen MR) is 65.6 cm³/mol. The molecule has 2 heterocycles. The van der Waals surface area contributed by atoms with Crippen molar-refractivity contribution in [3.05, 3.63) is 16.6 Å². The van der Waals surface area contributed by atoms with E-state index in [1.807, 2.05) is 0 Å². The Bertz CT molecular complexity index is 462. The fourth-order valence-electron chi connectivity index (χ4n) is 1.45. The summed E-state index contributed by atoms with van der Waals surface area (Å²) >= 11 is 1.67. The van der Waals surface area contributed by atoms with Gasteiger partial charge in [-0.05, 0) is 13.8 Å². The summed E-state index contributed by atoms with van der Waals surface area (Å²) in [5, 5.41) is 8.66. The van der Waals surface area contributed by atoms with Crippen molar-refractivity contribution >= 4 is 28.1 Å². The molecule has 0 amide bonds. The number of anilines is 1. The Kier molecular flexibility index (Phi) is 2.86. The third-order valence-electron chi connectivity index (χ3n) is 2.13. The van der Waals surface area contributed by atoms with Crippen LogP contribution in [0.25, 0.3) is 10.9 Å². The quantitative estimate of drug-likeness (QED) is 0.865. The lowest BCUT2D eigenvalue weighted by Crippen LogP contribution is -2.12. The summed E-state index contributed by atoms with van der Waals surface area (Å²) in [6.45, 7) is 6.31. The summed E-state index contributed by atoms with van der Waals surface area (Å²) in [6, 6.07) is 0.396. The van der Waals surface area contributed by atoms with Gasteiger partial charge in [-0.1, -0.05) is 6.92 Å². The van der Waals surface area contributed by atoms with Gasteiger partial charge in [-0.15, -0.1) is 11.3 Å². The topological polar surface area (TPSA) is 37.8 Å². The number of hydrogen-bond donors (Lipinski definition) is 1. The van der Waals surface area contributed by atoms with E-state index >= 15 is 0 Å². The largest absolute Gasteiger partial charge is 0.367 e. The molecule has 0 aromatic carbocycles. The highest BCUT2D eigenvalue weighted by atomic mass is 32.1. The number of aromatic nitrogens is 2. The van der Waals surface area contributed by atoms with Crippen molar-refractivity contribution in [1.29, 1.82) is 0 Å². The van der Waals surface area contributed by atoms with Crippen LogP contribution in [0.5, 0.6) is 0 Å². The first kappa shape index (κ1) is 10.4. The van der Waals surface area contributed by atoms with Crippen molar-refractivity contribution < 1.29 is 0 Å². The zero-order valence-electron chi connectivity index (χ0n) is 9.24. The van der Waals surface area contributed by atoms with Gasteiger partial charge in [-0.3, -0.25) is 0 Å². The highest BCUT2D eigenvalue weighted by Crippen LogP contribution is 2.24. The van der Waals surface area contributed by atoms with Crippen LogP contribution in [0.4, 0.5) is 5.82 Å². The third kappa shape index (κ3) is 2.09. The second kappa shape index (κ2) is 4.14. The summed E-state index contributed by atoms with van der Waals surface area (Å²) in [7, 11) is 0. The molecule has 0 spiro atoms. The molecule has 0 bridgehead atoms. The van der Waals surface area contributed by atoms with Gasteiger partial charge in [-0.25, -0.2) is 9.97 Å². The van der Waals surface area contributed by atoms with Gasteiger partial charge in [0.15, 0.2) is 0 Å². The monoisotopic (exact) mass is 221 g/mol. The highest BCUT2D eigenvalue weighted by Gasteiger charge is 2.08. The number of nitrogens with one attached hydrogen (secondary N) is 1. The van der Waals surface area contributed by atoms with Gasteiger partial charge >= 0.3 is 0 Å². The smallest absolute Gasteiger partial charge is 0.138 e. The van der Waals surface area contributed by atoms with Crippen LogP contribution in [0.15, 0.2) is 10.8 Å². The molecule has 0 atom stereocenters. The number of nitrogens with zero attached hydrogens (tertiary/aromatic N) is 2. The fourth-order valence-corrected chi connectivity index (χ4v) is 2.19. The second-order valence-corrected chi connectivity index (χ2v) is 4.56. The molecule has 1 N–H and O–H groups in total. The summed E-state index contributed by atoms with van der Waals surface area (Å²) < 4.78 is 0. The molecule has 80 valence electrons. The number of rotatable bonds is 3. The molecule has 0 fully saturated rings. The lowest BCUT2D eigenvalue weighted by Gasteiger charge is -2.10. The van der Waals surface area contributed by atoms with Gasteiger partial charge in [0, 0.05) is 23.2 Å². The van der Waals surface area contributed by atoms with Gasteiger partial charge in [0.1, 0.15) is 11.6 Å². The van der Waals surface area contributed by atoms with E-state index < -0.39 is 0 Å². The van der Waals surface area contributed by atoms with E-state index in [2.05, 4.69) is 46.8 Å². The standard InChI is InChI=1S/C11H15N3S/c1-4-10-13-9-6-15-5-8(9)11(14-10)12-7(2)3/h5-7H,4H2,1-3H3,(H,12,13,14). The van der Waals surface area contributed by atoms with Crippen LogP contribution in [-0.4, -0.2) is 16.0 Å². The van der Waals surface area contributed by atoms with Crippen molar-refractivity contribution in [2.24, 2.45) is 0 Å². The number of fused-ring (bicyclic) bond motifs is 1. The zero-order chi connectivity index (χ0) is 10.8. The first-order valence-electron chi connectivity index (χ1n) is 5.20. The van der Waals surface area contributed by atoms with E-state index in [4.69, 9.17) is 0 Å². The number of hydrogen-bond acceptors (Lipinski definition) is 4. The maximum atomic E-state index is 4.52. The van der Waals surface area contributed by atoms with Gasteiger partial charge < -0.3 is 5.32 Å². The van der Waals surface area contributed by atoms with Crippen molar-refractivity contribution in [3.63, 3.8) is 0 Å². The summed E-state index contributed by atoms with van der Waals surface area (Å²) in [6.07, 6.45) is 0.874. The fraction of sp³-hybridized carbons (Fsp3) is 0.455.